The van der Waals surface area contributed by atoms with Crippen LogP contribution in [0, 0.1) is 5.82 Å². The molecule has 8 heteroatoms. The van der Waals surface area contributed by atoms with Crippen molar-refractivity contribution in [2.75, 3.05) is 6.61 Å². The number of nitrogens with zero attached hydrogens (tertiary/aromatic N) is 1. The smallest absolute Gasteiger partial charge is 0.261 e. The lowest BCUT2D eigenvalue weighted by Gasteiger charge is -2.38. The summed E-state index contributed by atoms with van der Waals surface area (Å²) in [4.78, 5) is 26.2. The molecule has 0 aliphatic carbocycles. The van der Waals surface area contributed by atoms with Gasteiger partial charge in [-0.25, -0.2) is 4.39 Å². The van der Waals surface area contributed by atoms with E-state index >= 15 is 0 Å². The second-order valence-electron chi connectivity index (χ2n) is 8.03. The zero-order chi connectivity index (χ0) is 22.0. The molecule has 31 heavy (non-hydrogen) atoms. The molecular formula is C23H24ClFN2O4. The minimum atomic E-state index is -0.500. The van der Waals surface area contributed by atoms with Crippen molar-refractivity contribution in [3.05, 3.63) is 58.9 Å². The van der Waals surface area contributed by atoms with Crippen molar-refractivity contribution in [3.63, 3.8) is 0 Å². The molecule has 2 bridgehead atoms. The summed E-state index contributed by atoms with van der Waals surface area (Å²) in [6, 6.07) is 11.1. The monoisotopic (exact) mass is 446 g/mol. The second kappa shape index (κ2) is 9.14. The fraction of sp³-hybridized carbons (Fsp3) is 0.391. The van der Waals surface area contributed by atoms with Crippen LogP contribution in [0.1, 0.15) is 31.2 Å². The van der Waals surface area contributed by atoms with E-state index in [9.17, 15) is 14.0 Å². The highest BCUT2D eigenvalue weighted by Gasteiger charge is 2.44. The van der Waals surface area contributed by atoms with Crippen LogP contribution in [0.2, 0.25) is 5.02 Å². The van der Waals surface area contributed by atoms with Gasteiger partial charge in [0.05, 0.1) is 6.42 Å². The summed E-state index contributed by atoms with van der Waals surface area (Å²) < 4.78 is 24.9. The van der Waals surface area contributed by atoms with Crippen LogP contribution in [0.4, 0.5) is 4.39 Å². The molecule has 0 saturated carbocycles. The number of halogens is 2. The number of primary amides is 1. The van der Waals surface area contributed by atoms with Crippen LogP contribution in [0.15, 0.2) is 42.5 Å². The Morgan fingerprint density at radius 2 is 1.77 bits per heavy atom. The van der Waals surface area contributed by atoms with E-state index in [0.29, 0.717) is 22.1 Å². The van der Waals surface area contributed by atoms with Crippen LogP contribution in [0.5, 0.6) is 11.5 Å². The Balaban J connectivity index is 1.36. The maximum Gasteiger partial charge on any atom is 0.261 e. The molecule has 6 nitrogen and oxygen atoms in total. The van der Waals surface area contributed by atoms with E-state index in [1.807, 2.05) is 4.90 Å². The maximum absolute atomic E-state index is 13.1. The molecule has 2 unspecified atom stereocenters. The number of ether oxygens (including phenoxy) is 2. The maximum atomic E-state index is 13.1. The van der Waals surface area contributed by atoms with Crippen molar-refractivity contribution < 1.29 is 23.5 Å². The summed E-state index contributed by atoms with van der Waals surface area (Å²) in [5.41, 5.74) is 5.85. The molecule has 2 saturated heterocycles. The number of amides is 2. The van der Waals surface area contributed by atoms with Gasteiger partial charge in [-0.1, -0.05) is 11.6 Å². The van der Waals surface area contributed by atoms with Gasteiger partial charge in [0.1, 0.15) is 23.4 Å². The minimum Gasteiger partial charge on any atom is -0.490 e. The van der Waals surface area contributed by atoms with Crippen LogP contribution >= 0.6 is 11.6 Å². The van der Waals surface area contributed by atoms with Crippen molar-refractivity contribution in [3.8, 4) is 11.5 Å². The van der Waals surface area contributed by atoms with Gasteiger partial charge >= 0.3 is 0 Å². The van der Waals surface area contributed by atoms with Crippen molar-refractivity contribution in [1.82, 2.24) is 4.90 Å². The number of benzene rings is 2. The van der Waals surface area contributed by atoms with Gasteiger partial charge in [0.2, 0.25) is 5.91 Å². The Hall–Kier alpha value is -2.80. The molecule has 0 spiro atoms. The summed E-state index contributed by atoms with van der Waals surface area (Å²) >= 11 is 6.00. The van der Waals surface area contributed by atoms with Crippen LogP contribution in [0.3, 0.4) is 0 Å². The largest absolute Gasteiger partial charge is 0.490 e. The average molecular weight is 447 g/mol. The van der Waals surface area contributed by atoms with E-state index in [1.165, 1.54) is 12.1 Å². The topological polar surface area (TPSA) is 81.9 Å². The van der Waals surface area contributed by atoms with Gasteiger partial charge < -0.3 is 20.1 Å². The van der Waals surface area contributed by atoms with Gasteiger partial charge in [-0.05, 0) is 55.3 Å². The van der Waals surface area contributed by atoms with Gasteiger partial charge in [-0.2, -0.15) is 0 Å². The van der Waals surface area contributed by atoms with Crippen molar-refractivity contribution in [2.45, 2.75) is 50.3 Å². The Kier molecular flexibility index (Phi) is 6.32. The Morgan fingerprint density at radius 1 is 1.10 bits per heavy atom. The van der Waals surface area contributed by atoms with E-state index in [-0.39, 0.29) is 42.9 Å². The highest BCUT2D eigenvalue weighted by molar-refractivity contribution is 6.30. The Labute approximate surface area is 185 Å². The van der Waals surface area contributed by atoms with E-state index in [1.54, 1.807) is 30.3 Å². The first-order valence-corrected chi connectivity index (χ1v) is 10.7. The molecule has 2 aromatic carbocycles. The van der Waals surface area contributed by atoms with Gasteiger partial charge in [0.25, 0.3) is 5.91 Å². The highest BCUT2D eigenvalue weighted by Crippen LogP contribution is 2.37. The number of hydrogen-bond acceptors (Lipinski definition) is 4. The summed E-state index contributed by atoms with van der Waals surface area (Å²) in [7, 11) is 0. The lowest BCUT2D eigenvalue weighted by atomic mass is 9.99. The summed E-state index contributed by atoms with van der Waals surface area (Å²) in [6.07, 6.45) is 3.29. The molecule has 0 radical (unpaired) electrons. The number of hydrogen-bond donors (Lipinski definition) is 1. The fourth-order valence-corrected chi connectivity index (χ4v) is 4.76. The van der Waals surface area contributed by atoms with Crippen molar-refractivity contribution in [1.29, 1.82) is 0 Å². The molecule has 2 aromatic rings. The molecule has 2 N–H and O–H groups in total. The molecule has 2 aliphatic rings. The summed E-state index contributed by atoms with van der Waals surface area (Å²) in [5, 5.41) is 0.469. The molecular weight excluding hydrogens is 423 g/mol. The molecule has 2 aliphatic heterocycles. The predicted octanol–water partition coefficient (Wildman–Crippen LogP) is 3.49. The average Bonchev–Trinajstić information content (AvgIpc) is 2.99. The molecule has 4 rings (SSSR count). The van der Waals surface area contributed by atoms with Crippen LogP contribution in [0.25, 0.3) is 0 Å². The molecule has 164 valence electrons. The molecule has 2 amide bonds. The van der Waals surface area contributed by atoms with E-state index in [2.05, 4.69) is 0 Å². The second-order valence-corrected chi connectivity index (χ2v) is 8.47. The summed E-state index contributed by atoms with van der Waals surface area (Å²) in [6.45, 7) is -0.121. The molecule has 0 aromatic heterocycles. The van der Waals surface area contributed by atoms with Gasteiger partial charge in [-0.3, -0.25) is 9.59 Å². The standard InChI is InChI=1S/C23H24ClFN2O4/c24-15-1-8-21(14(9-15)10-22(26)28)30-13-23(29)27-17-4-5-18(27)12-20(11-17)31-19-6-2-16(25)3-7-19/h1-3,6-9,17-18,20H,4-5,10-13H2,(H2,26,28). The van der Waals surface area contributed by atoms with Crippen LogP contribution < -0.4 is 15.2 Å². The lowest BCUT2D eigenvalue weighted by Crippen LogP contribution is -2.50. The van der Waals surface area contributed by atoms with Crippen molar-refractivity contribution in [2.24, 2.45) is 5.73 Å². The Bertz CT molecular complexity index is 955. The minimum absolute atomic E-state index is 0.00800. The zero-order valence-corrected chi connectivity index (χ0v) is 17.7. The van der Waals surface area contributed by atoms with Gasteiger partial charge in [0, 0.05) is 35.5 Å². The predicted molar refractivity (Wildman–Crippen MR) is 114 cm³/mol. The first kappa shape index (κ1) is 21.4. The molecule has 2 heterocycles. The van der Waals surface area contributed by atoms with Gasteiger partial charge in [0.15, 0.2) is 6.61 Å². The number of carbonyl (C=O) groups is 2. The van der Waals surface area contributed by atoms with Crippen LogP contribution in [-0.2, 0) is 16.0 Å². The van der Waals surface area contributed by atoms with E-state index in [4.69, 9.17) is 26.8 Å². The number of carbonyl (C=O) groups excluding carboxylic acids is 2. The first-order chi connectivity index (χ1) is 14.9. The third-order valence-electron chi connectivity index (χ3n) is 5.83. The SMILES string of the molecule is NC(=O)Cc1cc(Cl)ccc1OCC(=O)N1C2CCC1CC(Oc1ccc(F)cc1)C2. The van der Waals surface area contributed by atoms with E-state index in [0.717, 1.165) is 25.7 Å². The lowest BCUT2D eigenvalue weighted by molar-refractivity contribution is -0.139. The first-order valence-electron chi connectivity index (χ1n) is 10.3. The van der Waals surface area contributed by atoms with Crippen LogP contribution in [-0.4, -0.2) is 41.5 Å². The number of rotatable bonds is 7. The highest BCUT2D eigenvalue weighted by atomic mass is 35.5. The van der Waals surface area contributed by atoms with Gasteiger partial charge in [-0.15, -0.1) is 0 Å². The zero-order valence-electron chi connectivity index (χ0n) is 16.9. The third-order valence-corrected chi connectivity index (χ3v) is 6.07. The Morgan fingerprint density at radius 3 is 2.42 bits per heavy atom. The summed E-state index contributed by atoms with van der Waals surface area (Å²) in [5.74, 6) is 0.178. The van der Waals surface area contributed by atoms with E-state index < -0.39 is 5.91 Å². The number of piperidine rings is 1. The molecule has 2 fully saturated rings. The third kappa shape index (κ3) is 5.10. The number of fused-ring (bicyclic) bond motifs is 2. The fourth-order valence-electron chi connectivity index (χ4n) is 4.56. The molecule has 2 atom stereocenters. The number of nitrogens with two attached hydrogens (primary N) is 1. The van der Waals surface area contributed by atoms with Crippen molar-refractivity contribution >= 4 is 23.4 Å². The quantitative estimate of drug-likeness (QED) is 0.705. The normalized spacial score (nSPS) is 22.3.